The highest BCUT2D eigenvalue weighted by atomic mass is 35.5. The quantitative estimate of drug-likeness (QED) is 0.478. The molecule has 0 radical (unpaired) electrons. The molecule has 3 aromatic carbocycles. The lowest BCUT2D eigenvalue weighted by molar-refractivity contribution is 0.0950. The van der Waals surface area contributed by atoms with Gasteiger partial charge in [0.15, 0.2) is 0 Å². The number of anilines is 1. The van der Waals surface area contributed by atoms with Gasteiger partial charge in [0.25, 0.3) is 11.8 Å². The number of carbonyl (C=O) groups excluding carboxylic acids is 2. The summed E-state index contributed by atoms with van der Waals surface area (Å²) in [7, 11) is 0. The zero-order valence-electron chi connectivity index (χ0n) is 18.5. The van der Waals surface area contributed by atoms with Crippen molar-refractivity contribution in [2.45, 2.75) is 39.3 Å². The lowest BCUT2D eigenvalue weighted by Gasteiger charge is -2.19. The van der Waals surface area contributed by atoms with Crippen molar-refractivity contribution in [2.75, 3.05) is 5.32 Å². The van der Waals surface area contributed by atoms with Crippen molar-refractivity contribution in [2.24, 2.45) is 5.73 Å². The average molecular weight is 450 g/mol. The summed E-state index contributed by atoms with van der Waals surface area (Å²) < 4.78 is 0. The average Bonchev–Trinajstić information content (AvgIpc) is 2.77. The third-order valence-electron chi connectivity index (χ3n) is 5.20. The first-order chi connectivity index (χ1) is 15.2. The largest absolute Gasteiger partial charge is 0.348 e. The van der Waals surface area contributed by atoms with E-state index in [9.17, 15) is 9.59 Å². The molecule has 0 heterocycles. The molecule has 2 amide bonds. The molecule has 4 N–H and O–H groups in total. The molecule has 0 spiro atoms. The predicted molar refractivity (Wildman–Crippen MR) is 130 cm³/mol. The second-order valence-electron chi connectivity index (χ2n) is 8.68. The first-order valence-corrected chi connectivity index (χ1v) is 10.8. The summed E-state index contributed by atoms with van der Waals surface area (Å²) in [4.78, 5) is 25.1. The van der Waals surface area contributed by atoms with E-state index < -0.39 is 0 Å². The molecule has 0 unspecified atom stereocenters. The summed E-state index contributed by atoms with van der Waals surface area (Å²) in [6.45, 7) is 7.23. The van der Waals surface area contributed by atoms with Crippen LogP contribution in [0.25, 0.3) is 0 Å². The SMILES string of the molecule is CC(C)(C)c1ccc(C(=O)Nc2ccc(C(=O)NCc3ccc(CN)cc3)c(Cl)c2)cc1. The van der Waals surface area contributed by atoms with Crippen molar-refractivity contribution < 1.29 is 9.59 Å². The molecule has 0 fully saturated rings. The fraction of sp³-hybridized carbons (Fsp3) is 0.231. The van der Waals surface area contributed by atoms with Gasteiger partial charge in [0, 0.05) is 24.3 Å². The molecule has 0 saturated carbocycles. The van der Waals surface area contributed by atoms with Crippen LogP contribution in [0.3, 0.4) is 0 Å². The highest BCUT2D eigenvalue weighted by Gasteiger charge is 2.15. The number of rotatable bonds is 6. The first-order valence-electron chi connectivity index (χ1n) is 10.4. The molecule has 0 aliphatic heterocycles. The van der Waals surface area contributed by atoms with Crippen LogP contribution < -0.4 is 16.4 Å². The Morgan fingerprint density at radius 1 is 0.875 bits per heavy atom. The number of amides is 2. The molecule has 5 nitrogen and oxygen atoms in total. The molecule has 6 heteroatoms. The minimum absolute atomic E-state index is 0.0207. The Bertz CT molecular complexity index is 1100. The van der Waals surface area contributed by atoms with Gasteiger partial charge in [-0.2, -0.15) is 0 Å². The summed E-state index contributed by atoms with van der Waals surface area (Å²) in [5, 5.41) is 5.95. The van der Waals surface area contributed by atoms with E-state index in [1.807, 2.05) is 36.4 Å². The van der Waals surface area contributed by atoms with Crippen molar-refractivity contribution in [3.8, 4) is 0 Å². The van der Waals surface area contributed by atoms with Gasteiger partial charge in [-0.3, -0.25) is 9.59 Å². The van der Waals surface area contributed by atoms with Gasteiger partial charge in [0.1, 0.15) is 0 Å². The molecule has 0 atom stereocenters. The maximum atomic E-state index is 12.6. The number of carbonyl (C=O) groups is 2. The highest BCUT2D eigenvalue weighted by Crippen LogP contribution is 2.24. The van der Waals surface area contributed by atoms with E-state index in [0.29, 0.717) is 29.9 Å². The molecule has 32 heavy (non-hydrogen) atoms. The molecular formula is C26H28ClN3O2. The zero-order valence-corrected chi connectivity index (χ0v) is 19.3. The van der Waals surface area contributed by atoms with Crippen LogP contribution in [0.1, 0.15) is 58.2 Å². The predicted octanol–water partition coefficient (Wildman–Crippen LogP) is 5.28. The van der Waals surface area contributed by atoms with Crippen LogP contribution in [0.15, 0.2) is 66.7 Å². The van der Waals surface area contributed by atoms with E-state index in [4.69, 9.17) is 17.3 Å². The monoisotopic (exact) mass is 449 g/mol. The van der Waals surface area contributed by atoms with E-state index in [1.54, 1.807) is 30.3 Å². The molecule has 3 aromatic rings. The summed E-state index contributed by atoms with van der Waals surface area (Å²) in [5.74, 6) is -0.520. The van der Waals surface area contributed by atoms with Gasteiger partial charge in [-0.15, -0.1) is 0 Å². The molecule has 0 aliphatic carbocycles. The molecule has 0 aromatic heterocycles. The van der Waals surface area contributed by atoms with Crippen molar-refractivity contribution in [1.29, 1.82) is 0 Å². The summed E-state index contributed by atoms with van der Waals surface area (Å²) >= 11 is 6.32. The lowest BCUT2D eigenvalue weighted by Crippen LogP contribution is -2.23. The molecular weight excluding hydrogens is 422 g/mol. The Hall–Kier alpha value is -3.15. The zero-order chi connectivity index (χ0) is 23.3. The van der Waals surface area contributed by atoms with Crippen molar-refractivity contribution in [1.82, 2.24) is 5.32 Å². The number of hydrogen-bond donors (Lipinski definition) is 3. The van der Waals surface area contributed by atoms with Gasteiger partial charge in [-0.25, -0.2) is 0 Å². The number of nitrogens with one attached hydrogen (secondary N) is 2. The van der Waals surface area contributed by atoms with E-state index in [0.717, 1.165) is 16.7 Å². The summed E-state index contributed by atoms with van der Waals surface area (Å²) in [6, 6.07) is 20.1. The lowest BCUT2D eigenvalue weighted by atomic mass is 9.87. The van der Waals surface area contributed by atoms with Crippen LogP contribution in [0.4, 0.5) is 5.69 Å². The van der Waals surface area contributed by atoms with E-state index in [1.165, 1.54) is 0 Å². The smallest absolute Gasteiger partial charge is 0.255 e. The Balaban J connectivity index is 1.62. The molecule has 166 valence electrons. The number of nitrogens with two attached hydrogens (primary N) is 1. The van der Waals surface area contributed by atoms with Gasteiger partial charge in [0.05, 0.1) is 10.6 Å². The van der Waals surface area contributed by atoms with Crippen molar-refractivity contribution in [3.63, 3.8) is 0 Å². The molecule has 0 aliphatic rings. The maximum Gasteiger partial charge on any atom is 0.255 e. The number of benzene rings is 3. The molecule has 3 rings (SSSR count). The topological polar surface area (TPSA) is 84.2 Å². The van der Waals surface area contributed by atoms with E-state index >= 15 is 0 Å². The first kappa shape index (κ1) is 23.5. The van der Waals surface area contributed by atoms with Crippen LogP contribution in [0.2, 0.25) is 5.02 Å². The number of hydrogen-bond acceptors (Lipinski definition) is 3. The fourth-order valence-corrected chi connectivity index (χ4v) is 3.44. The van der Waals surface area contributed by atoms with Gasteiger partial charge in [-0.1, -0.05) is 68.8 Å². The Labute approximate surface area is 194 Å². The van der Waals surface area contributed by atoms with Gasteiger partial charge in [-0.05, 0) is 52.4 Å². The van der Waals surface area contributed by atoms with Crippen LogP contribution in [0, 0.1) is 0 Å². The van der Waals surface area contributed by atoms with Gasteiger partial charge in [0.2, 0.25) is 0 Å². The third kappa shape index (κ3) is 5.96. The van der Waals surface area contributed by atoms with E-state index in [2.05, 4.69) is 31.4 Å². The Morgan fingerprint density at radius 2 is 1.50 bits per heavy atom. The van der Waals surface area contributed by atoms with Crippen LogP contribution in [-0.2, 0) is 18.5 Å². The second-order valence-corrected chi connectivity index (χ2v) is 9.09. The normalized spacial score (nSPS) is 11.2. The Morgan fingerprint density at radius 3 is 2.06 bits per heavy atom. The molecule has 0 saturated heterocycles. The van der Waals surface area contributed by atoms with Gasteiger partial charge < -0.3 is 16.4 Å². The maximum absolute atomic E-state index is 12.6. The van der Waals surface area contributed by atoms with Crippen LogP contribution >= 0.6 is 11.6 Å². The van der Waals surface area contributed by atoms with Crippen molar-refractivity contribution >= 4 is 29.1 Å². The van der Waals surface area contributed by atoms with E-state index in [-0.39, 0.29) is 22.3 Å². The second kappa shape index (κ2) is 9.98. The number of halogens is 1. The van der Waals surface area contributed by atoms with Crippen LogP contribution in [0.5, 0.6) is 0 Å². The highest BCUT2D eigenvalue weighted by molar-refractivity contribution is 6.34. The minimum atomic E-state index is -0.284. The summed E-state index contributed by atoms with van der Waals surface area (Å²) in [5.41, 5.74) is 10.2. The van der Waals surface area contributed by atoms with Gasteiger partial charge >= 0.3 is 0 Å². The van der Waals surface area contributed by atoms with Crippen molar-refractivity contribution in [3.05, 3.63) is 99.6 Å². The third-order valence-corrected chi connectivity index (χ3v) is 5.51. The van der Waals surface area contributed by atoms with Crippen LogP contribution in [-0.4, -0.2) is 11.8 Å². The minimum Gasteiger partial charge on any atom is -0.348 e. The molecule has 0 bridgehead atoms. The summed E-state index contributed by atoms with van der Waals surface area (Å²) in [6.07, 6.45) is 0. The standard InChI is InChI=1S/C26H28ClN3O2/c1-26(2,3)20-10-8-19(9-11-20)24(31)30-21-12-13-22(23(27)14-21)25(32)29-16-18-6-4-17(15-28)5-7-18/h4-14H,15-16,28H2,1-3H3,(H,29,32)(H,30,31). The Kier molecular flexibility index (Phi) is 7.33. The fourth-order valence-electron chi connectivity index (χ4n) is 3.17.